The van der Waals surface area contributed by atoms with E-state index < -0.39 is 0 Å². The van der Waals surface area contributed by atoms with E-state index in [0.29, 0.717) is 37.4 Å². The zero-order valence-electron chi connectivity index (χ0n) is 21.1. The van der Waals surface area contributed by atoms with Crippen molar-refractivity contribution in [1.29, 1.82) is 0 Å². The Morgan fingerprint density at radius 3 is 2.79 bits per heavy atom. The Hall–Kier alpha value is -4.68. The number of amides is 2. The summed E-state index contributed by atoms with van der Waals surface area (Å²) < 4.78 is 5.73. The molecule has 13 nitrogen and oxygen atoms in total. The fourth-order valence-corrected chi connectivity index (χ4v) is 5.49. The van der Waals surface area contributed by atoms with Gasteiger partial charge in [0.15, 0.2) is 0 Å². The predicted molar refractivity (Wildman–Crippen MR) is 137 cm³/mol. The van der Waals surface area contributed by atoms with Gasteiger partial charge >= 0.3 is 0 Å². The molecule has 0 saturated carbocycles. The molecule has 0 spiro atoms. The van der Waals surface area contributed by atoms with Gasteiger partial charge in [-0.2, -0.15) is 0 Å². The molecular weight excluding hydrogens is 500 g/mol. The van der Waals surface area contributed by atoms with Crippen LogP contribution in [-0.4, -0.2) is 71.4 Å². The van der Waals surface area contributed by atoms with Crippen LogP contribution < -0.4 is 10.2 Å². The van der Waals surface area contributed by atoms with Crippen molar-refractivity contribution in [2.24, 2.45) is 0 Å². The van der Waals surface area contributed by atoms with Gasteiger partial charge in [-0.05, 0) is 42.5 Å². The van der Waals surface area contributed by atoms with E-state index in [9.17, 15) is 9.59 Å². The van der Waals surface area contributed by atoms with E-state index in [-0.39, 0.29) is 36.1 Å². The van der Waals surface area contributed by atoms with Crippen LogP contribution in [0.5, 0.6) is 0 Å². The first-order valence-corrected chi connectivity index (χ1v) is 13.1. The fourth-order valence-electron chi connectivity index (χ4n) is 5.49. The molecule has 7 rings (SSSR count). The van der Waals surface area contributed by atoms with Gasteiger partial charge in [0.1, 0.15) is 12.1 Å². The van der Waals surface area contributed by atoms with E-state index in [0.717, 1.165) is 42.9 Å². The molecule has 1 fully saturated rings. The van der Waals surface area contributed by atoms with Gasteiger partial charge < -0.3 is 19.5 Å². The molecule has 4 aromatic rings. The number of carbonyl (C=O) groups is 2. The molecule has 1 saturated heterocycles. The molecular formula is C26H26N10O3. The summed E-state index contributed by atoms with van der Waals surface area (Å²) in [7, 11) is 0. The lowest BCUT2D eigenvalue weighted by molar-refractivity contribution is -0.131. The molecule has 3 aromatic heterocycles. The third kappa shape index (κ3) is 4.60. The second-order valence-electron chi connectivity index (χ2n) is 10.1. The Morgan fingerprint density at radius 2 is 1.95 bits per heavy atom. The number of aromatic nitrogens is 7. The first-order valence-electron chi connectivity index (χ1n) is 13.1. The van der Waals surface area contributed by atoms with Gasteiger partial charge in [0.2, 0.25) is 23.7 Å². The Labute approximate surface area is 223 Å². The lowest BCUT2D eigenvalue weighted by Gasteiger charge is -2.25. The van der Waals surface area contributed by atoms with Crippen LogP contribution in [0.15, 0.2) is 35.0 Å². The summed E-state index contributed by atoms with van der Waals surface area (Å²) in [5.74, 6) is 1.11. The molecule has 3 aliphatic rings. The van der Waals surface area contributed by atoms with E-state index in [4.69, 9.17) is 4.42 Å². The van der Waals surface area contributed by atoms with Gasteiger partial charge in [0, 0.05) is 50.1 Å². The highest BCUT2D eigenvalue weighted by Gasteiger charge is 2.27. The zero-order valence-corrected chi connectivity index (χ0v) is 21.1. The molecule has 2 aliphatic heterocycles. The summed E-state index contributed by atoms with van der Waals surface area (Å²) in [5, 5.41) is 22.2. The molecule has 2 amide bonds. The number of carbonyl (C=O) groups excluding carboxylic acids is 2. The standard InChI is InChI=1S/C26H26N10O3/c37-23-2-1-6-36(23)19-4-3-15-8-18(9-16(15)10-19)29-26-27-12-17(13-28-26)25-33-32-22(39-25)11-24(38)35-7-5-20-21(14-35)31-34-30-20/h3-4,10,12-13,18H,1-2,5-9,11,14H2,(H,27,28,29)(H,30,31,34). The second-order valence-corrected chi connectivity index (χ2v) is 10.1. The van der Waals surface area contributed by atoms with Crippen molar-refractivity contribution in [2.75, 3.05) is 23.3 Å². The van der Waals surface area contributed by atoms with Gasteiger partial charge in [-0.15, -0.1) is 15.3 Å². The topological polar surface area (TPSA) is 159 Å². The lowest BCUT2D eigenvalue weighted by atomic mass is 10.1. The summed E-state index contributed by atoms with van der Waals surface area (Å²) >= 11 is 0. The molecule has 1 aliphatic carbocycles. The number of anilines is 2. The number of hydrogen-bond donors (Lipinski definition) is 2. The van der Waals surface area contributed by atoms with Crippen LogP contribution in [0.4, 0.5) is 11.6 Å². The van der Waals surface area contributed by atoms with Crippen LogP contribution in [0, 0.1) is 0 Å². The first-order chi connectivity index (χ1) is 19.1. The molecule has 1 atom stereocenters. The highest BCUT2D eigenvalue weighted by Crippen LogP contribution is 2.30. The lowest BCUT2D eigenvalue weighted by Crippen LogP contribution is -2.37. The highest BCUT2D eigenvalue weighted by molar-refractivity contribution is 5.95. The molecule has 1 aromatic carbocycles. The maximum absolute atomic E-state index is 12.7. The van der Waals surface area contributed by atoms with Crippen molar-refractivity contribution in [3.05, 3.63) is 59.0 Å². The maximum Gasteiger partial charge on any atom is 0.250 e. The largest absolute Gasteiger partial charge is 0.420 e. The number of nitrogens with zero attached hydrogens (tertiary/aromatic N) is 8. The Bertz CT molecular complexity index is 1550. The van der Waals surface area contributed by atoms with E-state index in [1.807, 2.05) is 11.0 Å². The number of H-pyrrole nitrogens is 1. The van der Waals surface area contributed by atoms with E-state index in [2.05, 4.69) is 53.0 Å². The van der Waals surface area contributed by atoms with Crippen LogP contribution in [0.3, 0.4) is 0 Å². The van der Waals surface area contributed by atoms with Gasteiger partial charge in [-0.25, -0.2) is 9.97 Å². The van der Waals surface area contributed by atoms with E-state index in [1.165, 1.54) is 11.1 Å². The summed E-state index contributed by atoms with van der Waals surface area (Å²) in [6.07, 6.45) is 7.21. The molecule has 5 heterocycles. The van der Waals surface area contributed by atoms with Gasteiger partial charge in [0.25, 0.3) is 5.89 Å². The average molecular weight is 527 g/mol. The van der Waals surface area contributed by atoms with Gasteiger partial charge in [-0.1, -0.05) is 11.3 Å². The molecule has 0 bridgehead atoms. The van der Waals surface area contributed by atoms with E-state index >= 15 is 0 Å². The van der Waals surface area contributed by atoms with Crippen molar-refractivity contribution in [3.8, 4) is 11.5 Å². The molecule has 2 N–H and O–H groups in total. The van der Waals surface area contributed by atoms with Crippen LogP contribution in [-0.2, 0) is 41.8 Å². The summed E-state index contributed by atoms with van der Waals surface area (Å²) in [5.41, 5.74) is 5.85. The van der Waals surface area contributed by atoms with Crippen molar-refractivity contribution < 1.29 is 14.0 Å². The monoisotopic (exact) mass is 526 g/mol. The summed E-state index contributed by atoms with van der Waals surface area (Å²) in [4.78, 5) is 37.3. The Balaban J connectivity index is 0.956. The molecule has 1 unspecified atom stereocenters. The molecule has 198 valence electrons. The second kappa shape index (κ2) is 9.57. The predicted octanol–water partition coefficient (Wildman–Crippen LogP) is 1.48. The summed E-state index contributed by atoms with van der Waals surface area (Å²) in [6, 6.07) is 6.47. The SMILES string of the molecule is O=C(Cc1nnc(-c2cnc(NC3Cc4ccc(N5CCCC5=O)cc4C3)nc2)o1)N1CCc2[nH]nnc2C1. The van der Waals surface area contributed by atoms with Crippen LogP contribution >= 0.6 is 0 Å². The molecule has 13 heteroatoms. The minimum atomic E-state index is -0.105. The van der Waals surface area contributed by atoms with Crippen molar-refractivity contribution in [2.45, 2.75) is 51.1 Å². The first kappa shape index (κ1) is 23.4. The summed E-state index contributed by atoms with van der Waals surface area (Å²) in [6.45, 7) is 1.80. The maximum atomic E-state index is 12.7. The van der Waals surface area contributed by atoms with Crippen molar-refractivity contribution in [1.82, 2.24) is 40.5 Å². The molecule has 0 radical (unpaired) electrons. The fraction of sp³-hybridized carbons (Fsp3) is 0.385. The number of benzene rings is 1. The Morgan fingerprint density at radius 1 is 1.08 bits per heavy atom. The van der Waals surface area contributed by atoms with Gasteiger partial charge in [0.05, 0.1) is 17.8 Å². The smallest absolute Gasteiger partial charge is 0.250 e. The minimum absolute atomic E-state index is 0.0105. The van der Waals surface area contributed by atoms with Crippen molar-refractivity contribution in [3.63, 3.8) is 0 Å². The van der Waals surface area contributed by atoms with Crippen LogP contribution in [0.2, 0.25) is 0 Å². The quantitative estimate of drug-likeness (QED) is 0.377. The third-order valence-corrected chi connectivity index (χ3v) is 7.54. The van der Waals surface area contributed by atoms with Crippen LogP contribution in [0.25, 0.3) is 11.5 Å². The Kier molecular flexibility index (Phi) is 5.75. The number of nitrogens with one attached hydrogen (secondary N) is 2. The van der Waals surface area contributed by atoms with Crippen molar-refractivity contribution >= 4 is 23.5 Å². The third-order valence-electron chi connectivity index (χ3n) is 7.54. The normalized spacial score (nSPS) is 18.4. The zero-order chi connectivity index (χ0) is 26.3. The number of fused-ring (bicyclic) bond motifs is 2. The van der Waals surface area contributed by atoms with Gasteiger partial charge in [-0.3, -0.25) is 14.7 Å². The van der Waals surface area contributed by atoms with Crippen LogP contribution in [0.1, 0.15) is 41.2 Å². The average Bonchev–Trinajstić information content (AvgIpc) is 3.75. The highest BCUT2D eigenvalue weighted by atomic mass is 16.4. The minimum Gasteiger partial charge on any atom is -0.420 e. The van der Waals surface area contributed by atoms with E-state index in [1.54, 1.807) is 17.3 Å². The number of rotatable bonds is 6. The number of aromatic amines is 1. The molecule has 39 heavy (non-hydrogen) atoms. The number of hydrogen-bond acceptors (Lipinski definition) is 10.